The van der Waals surface area contributed by atoms with E-state index in [0.29, 0.717) is 6.04 Å². The maximum Gasteiger partial charge on any atom is 0.0431 e. The first-order valence-corrected chi connectivity index (χ1v) is 5.71. The number of benzene rings is 1. The number of unbranched alkanes of at least 4 members (excludes halogenated alkanes) is 1. The van der Waals surface area contributed by atoms with E-state index in [-0.39, 0.29) is 6.61 Å². The monoisotopic (exact) mass is 227 g/mol. The molecule has 2 N–H and O–H groups in total. The van der Waals surface area contributed by atoms with Gasteiger partial charge in [0.15, 0.2) is 0 Å². The summed E-state index contributed by atoms with van der Waals surface area (Å²) >= 11 is 5.91. The number of halogens is 1. The predicted octanol–water partition coefficient (Wildman–Crippen LogP) is 2.76. The first-order valence-electron chi connectivity index (χ1n) is 5.33. The molecule has 0 aliphatic rings. The zero-order valence-electron chi connectivity index (χ0n) is 9.04. The topological polar surface area (TPSA) is 32.3 Å². The van der Waals surface area contributed by atoms with Crippen LogP contribution in [0, 0.1) is 0 Å². The highest BCUT2D eigenvalue weighted by atomic mass is 35.5. The van der Waals surface area contributed by atoms with Crippen LogP contribution in [0.15, 0.2) is 24.3 Å². The van der Waals surface area contributed by atoms with Gasteiger partial charge < -0.3 is 10.4 Å². The van der Waals surface area contributed by atoms with Crippen molar-refractivity contribution in [1.82, 2.24) is 5.32 Å². The first-order chi connectivity index (χ1) is 7.24. The molecule has 1 atom stereocenters. The third-order valence-electron chi connectivity index (χ3n) is 2.38. The van der Waals surface area contributed by atoms with Crippen LogP contribution in [0.1, 0.15) is 31.4 Å². The molecule has 0 unspecified atom stereocenters. The normalized spacial score (nSPS) is 12.7. The molecule has 0 fully saturated rings. The highest BCUT2D eigenvalue weighted by molar-refractivity contribution is 6.30. The smallest absolute Gasteiger partial charge is 0.0431 e. The Kier molecular flexibility index (Phi) is 5.69. The number of hydrogen-bond donors (Lipinski definition) is 2. The van der Waals surface area contributed by atoms with Crippen LogP contribution in [0.4, 0.5) is 0 Å². The lowest BCUT2D eigenvalue weighted by Crippen LogP contribution is -2.19. The Morgan fingerprint density at radius 1 is 1.40 bits per heavy atom. The zero-order chi connectivity index (χ0) is 11.1. The molecule has 84 valence electrons. The van der Waals surface area contributed by atoms with Crippen molar-refractivity contribution in [2.75, 3.05) is 13.2 Å². The van der Waals surface area contributed by atoms with E-state index in [1.165, 1.54) is 5.56 Å². The van der Waals surface area contributed by atoms with E-state index < -0.39 is 0 Å². The van der Waals surface area contributed by atoms with Crippen molar-refractivity contribution in [3.63, 3.8) is 0 Å². The fourth-order valence-corrected chi connectivity index (χ4v) is 1.65. The highest BCUT2D eigenvalue weighted by Crippen LogP contribution is 2.17. The van der Waals surface area contributed by atoms with Gasteiger partial charge in [0.05, 0.1) is 0 Å². The van der Waals surface area contributed by atoms with Crippen LogP contribution >= 0.6 is 11.6 Å². The molecular weight excluding hydrogens is 210 g/mol. The SMILES string of the molecule is C[C@H](NCCCCO)c1cccc(Cl)c1. The molecule has 0 amide bonds. The van der Waals surface area contributed by atoms with Crippen molar-refractivity contribution in [3.05, 3.63) is 34.9 Å². The molecule has 3 heteroatoms. The van der Waals surface area contributed by atoms with Crippen LogP contribution in [-0.4, -0.2) is 18.3 Å². The molecular formula is C12H18ClNO. The molecule has 2 nitrogen and oxygen atoms in total. The van der Waals surface area contributed by atoms with Crippen LogP contribution in [0.5, 0.6) is 0 Å². The van der Waals surface area contributed by atoms with Gasteiger partial charge in [-0.1, -0.05) is 23.7 Å². The van der Waals surface area contributed by atoms with Crippen molar-refractivity contribution in [2.24, 2.45) is 0 Å². The lowest BCUT2D eigenvalue weighted by Gasteiger charge is -2.14. The average Bonchev–Trinajstić information content (AvgIpc) is 2.24. The van der Waals surface area contributed by atoms with Crippen molar-refractivity contribution < 1.29 is 5.11 Å². The molecule has 0 spiro atoms. The number of aliphatic hydroxyl groups is 1. The molecule has 0 radical (unpaired) electrons. The minimum absolute atomic E-state index is 0.271. The van der Waals surface area contributed by atoms with Crippen LogP contribution in [-0.2, 0) is 0 Å². The molecule has 1 aromatic rings. The van der Waals surface area contributed by atoms with Gasteiger partial charge >= 0.3 is 0 Å². The number of nitrogens with one attached hydrogen (secondary N) is 1. The van der Waals surface area contributed by atoms with E-state index in [4.69, 9.17) is 16.7 Å². The van der Waals surface area contributed by atoms with Crippen LogP contribution in [0.25, 0.3) is 0 Å². The Morgan fingerprint density at radius 3 is 2.87 bits per heavy atom. The lowest BCUT2D eigenvalue weighted by atomic mass is 10.1. The van der Waals surface area contributed by atoms with Crippen molar-refractivity contribution >= 4 is 11.6 Å². The molecule has 0 aliphatic carbocycles. The molecule has 0 aromatic heterocycles. The summed E-state index contributed by atoms with van der Waals surface area (Å²) in [6.07, 6.45) is 1.86. The Hall–Kier alpha value is -0.570. The van der Waals surface area contributed by atoms with Gasteiger partial charge in [0.1, 0.15) is 0 Å². The summed E-state index contributed by atoms with van der Waals surface area (Å²) in [6, 6.07) is 8.19. The molecule has 0 saturated carbocycles. The van der Waals surface area contributed by atoms with E-state index >= 15 is 0 Å². The summed E-state index contributed by atoms with van der Waals surface area (Å²) in [7, 11) is 0. The second-order valence-corrected chi connectivity index (χ2v) is 4.10. The molecule has 0 heterocycles. The van der Waals surface area contributed by atoms with Crippen molar-refractivity contribution in [1.29, 1.82) is 0 Å². The molecule has 1 rings (SSSR count). The van der Waals surface area contributed by atoms with Gasteiger partial charge in [0, 0.05) is 17.7 Å². The molecule has 15 heavy (non-hydrogen) atoms. The molecule has 0 aliphatic heterocycles. The molecule has 1 aromatic carbocycles. The van der Waals surface area contributed by atoms with Gasteiger partial charge in [-0.25, -0.2) is 0 Å². The van der Waals surface area contributed by atoms with Gasteiger partial charge in [0.25, 0.3) is 0 Å². The van der Waals surface area contributed by atoms with Gasteiger partial charge in [-0.2, -0.15) is 0 Å². The Balaban J connectivity index is 2.36. The summed E-state index contributed by atoms with van der Waals surface area (Å²) in [5.74, 6) is 0. The fraction of sp³-hybridized carbons (Fsp3) is 0.500. The largest absolute Gasteiger partial charge is 0.396 e. The molecule has 0 bridgehead atoms. The quantitative estimate of drug-likeness (QED) is 0.733. The Morgan fingerprint density at radius 2 is 2.20 bits per heavy atom. The van der Waals surface area contributed by atoms with E-state index in [0.717, 1.165) is 24.4 Å². The number of hydrogen-bond acceptors (Lipinski definition) is 2. The summed E-state index contributed by atoms with van der Waals surface area (Å²) in [6.45, 7) is 3.31. The second-order valence-electron chi connectivity index (χ2n) is 3.66. The Labute approximate surface area is 96.3 Å². The van der Waals surface area contributed by atoms with Crippen LogP contribution < -0.4 is 5.32 Å². The van der Waals surface area contributed by atoms with Crippen LogP contribution in [0.3, 0.4) is 0 Å². The maximum atomic E-state index is 8.64. The third kappa shape index (κ3) is 4.65. The maximum absolute atomic E-state index is 8.64. The van der Waals surface area contributed by atoms with E-state index in [2.05, 4.69) is 18.3 Å². The predicted molar refractivity (Wildman–Crippen MR) is 64.2 cm³/mol. The zero-order valence-corrected chi connectivity index (χ0v) is 9.80. The Bertz CT molecular complexity index is 291. The summed E-state index contributed by atoms with van der Waals surface area (Å²) in [4.78, 5) is 0. The van der Waals surface area contributed by atoms with E-state index in [1.807, 2.05) is 18.2 Å². The van der Waals surface area contributed by atoms with Gasteiger partial charge in [-0.3, -0.25) is 0 Å². The summed E-state index contributed by atoms with van der Waals surface area (Å²) < 4.78 is 0. The number of rotatable bonds is 6. The summed E-state index contributed by atoms with van der Waals surface area (Å²) in [5, 5.41) is 12.8. The van der Waals surface area contributed by atoms with Crippen molar-refractivity contribution in [2.45, 2.75) is 25.8 Å². The minimum atomic E-state index is 0.271. The van der Waals surface area contributed by atoms with E-state index in [1.54, 1.807) is 0 Å². The number of aliphatic hydroxyl groups excluding tert-OH is 1. The van der Waals surface area contributed by atoms with Crippen molar-refractivity contribution in [3.8, 4) is 0 Å². The lowest BCUT2D eigenvalue weighted by molar-refractivity contribution is 0.283. The summed E-state index contributed by atoms with van der Waals surface area (Å²) in [5.41, 5.74) is 1.20. The molecule has 0 saturated heterocycles. The van der Waals surface area contributed by atoms with Gasteiger partial charge in [-0.15, -0.1) is 0 Å². The fourth-order valence-electron chi connectivity index (χ4n) is 1.45. The van der Waals surface area contributed by atoms with E-state index in [9.17, 15) is 0 Å². The average molecular weight is 228 g/mol. The minimum Gasteiger partial charge on any atom is -0.396 e. The van der Waals surface area contributed by atoms with Gasteiger partial charge in [-0.05, 0) is 44.0 Å². The third-order valence-corrected chi connectivity index (χ3v) is 2.62. The second kappa shape index (κ2) is 6.83. The highest BCUT2D eigenvalue weighted by Gasteiger charge is 2.03. The first kappa shape index (κ1) is 12.5. The standard InChI is InChI=1S/C12H18ClNO/c1-10(14-7-2-3-8-15)11-5-4-6-12(13)9-11/h4-6,9-10,14-15H,2-3,7-8H2,1H3/t10-/m0/s1. The van der Waals surface area contributed by atoms with Gasteiger partial charge in [0.2, 0.25) is 0 Å². The van der Waals surface area contributed by atoms with Crippen LogP contribution in [0.2, 0.25) is 5.02 Å².